The Bertz CT molecular complexity index is 1050. The van der Waals surface area contributed by atoms with Crippen molar-refractivity contribution < 1.29 is 28.6 Å². The molecule has 0 saturated carbocycles. The van der Waals surface area contributed by atoms with E-state index in [0.717, 1.165) is 5.56 Å². The number of hydrogen-bond donors (Lipinski definition) is 1. The average molecular weight is 419 g/mol. The number of carbonyl (C=O) groups excluding carboxylic acids is 3. The van der Waals surface area contributed by atoms with Crippen molar-refractivity contribution in [2.45, 2.75) is 6.54 Å². The molecule has 158 valence electrons. The van der Waals surface area contributed by atoms with E-state index in [1.54, 1.807) is 60.7 Å². The lowest BCUT2D eigenvalue weighted by molar-refractivity contribution is -0.124. The maximum absolute atomic E-state index is 12.3. The Balaban J connectivity index is 1.47. The summed E-state index contributed by atoms with van der Waals surface area (Å²) < 4.78 is 15.4. The zero-order valence-electron chi connectivity index (χ0n) is 16.9. The van der Waals surface area contributed by atoms with Crippen molar-refractivity contribution in [3.05, 3.63) is 95.6 Å². The lowest BCUT2D eigenvalue weighted by Crippen LogP contribution is -2.28. The summed E-state index contributed by atoms with van der Waals surface area (Å²) in [6, 6.07) is 22.3. The number of methoxy groups -OCH3 is 1. The molecule has 0 aliphatic rings. The summed E-state index contributed by atoms with van der Waals surface area (Å²) in [5.41, 5.74) is 1.49. The highest BCUT2D eigenvalue weighted by atomic mass is 16.5. The summed E-state index contributed by atoms with van der Waals surface area (Å²) in [4.78, 5) is 35.7. The molecule has 0 unspecified atom stereocenters. The fraction of sp³-hybridized carbons (Fsp3) is 0.125. The monoisotopic (exact) mass is 419 g/mol. The molecule has 0 heterocycles. The van der Waals surface area contributed by atoms with Crippen molar-refractivity contribution in [1.29, 1.82) is 0 Å². The average Bonchev–Trinajstić information content (AvgIpc) is 2.82. The number of hydrogen-bond acceptors (Lipinski definition) is 6. The smallest absolute Gasteiger partial charge is 0.338 e. The summed E-state index contributed by atoms with van der Waals surface area (Å²) in [5.74, 6) is -0.369. The van der Waals surface area contributed by atoms with Gasteiger partial charge in [0.05, 0.1) is 18.2 Å². The van der Waals surface area contributed by atoms with Gasteiger partial charge in [0.15, 0.2) is 6.61 Å². The topological polar surface area (TPSA) is 90.9 Å². The second-order valence-electron chi connectivity index (χ2n) is 6.48. The van der Waals surface area contributed by atoms with Gasteiger partial charge in [-0.05, 0) is 48.0 Å². The molecule has 0 aromatic heterocycles. The summed E-state index contributed by atoms with van der Waals surface area (Å²) in [6.07, 6.45) is 0. The van der Waals surface area contributed by atoms with E-state index in [2.05, 4.69) is 10.1 Å². The third-order valence-electron chi connectivity index (χ3n) is 4.25. The lowest BCUT2D eigenvalue weighted by atomic mass is 10.1. The molecule has 3 rings (SSSR count). The Morgan fingerprint density at radius 3 is 2.19 bits per heavy atom. The van der Waals surface area contributed by atoms with Crippen molar-refractivity contribution in [3.63, 3.8) is 0 Å². The van der Waals surface area contributed by atoms with Crippen LogP contribution in [0.25, 0.3) is 0 Å². The standard InChI is InChI=1S/C24H21NO6/c1-29-23(27)18-12-10-17(11-13-18)15-25-22(26)16-30-24(28)19-6-5-9-21(14-19)31-20-7-3-2-4-8-20/h2-14H,15-16H2,1H3,(H,25,26). The molecule has 1 N–H and O–H groups in total. The molecule has 31 heavy (non-hydrogen) atoms. The predicted molar refractivity (Wildman–Crippen MR) is 113 cm³/mol. The van der Waals surface area contributed by atoms with Gasteiger partial charge in [-0.25, -0.2) is 9.59 Å². The molecular formula is C24H21NO6. The van der Waals surface area contributed by atoms with E-state index in [1.807, 2.05) is 18.2 Å². The third kappa shape index (κ3) is 6.43. The quantitative estimate of drug-likeness (QED) is 0.560. The predicted octanol–water partition coefficient (Wildman–Crippen LogP) is 3.74. The number of esters is 2. The molecule has 3 aromatic carbocycles. The van der Waals surface area contributed by atoms with Gasteiger partial charge in [-0.1, -0.05) is 36.4 Å². The first-order chi connectivity index (χ1) is 15.0. The minimum Gasteiger partial charge on any atom is -0.465 e. The van der Waals surface area contributed by atoms with Gasteiger partial charge in [-0.15, -0.1) is 0 Å². The maximum Gasteiger partial charge on any atom is 0.338 e. The van der Waals surface area contributed by atoms with E-state index in [4.69, 9.17) is 9.47 Å². The van der Waals surface area contributed by atoms with Gasteiger partial charge in [-0.2, -0.15) is 0 Å². The molecular weight excluding hydrogens is 398 g/mol. The van der Waals surface area contributed by atoms with Gasteiger partial charge in [-0.3, -0.25) is 4.79 Å². The molecule has 1 amide bonds. The Morgan fingerprint density at radius 2 is 1.48 bits per heavy atom. The number of carbonyl (C=O) groups is 3. The van der Waals surface area contributed by atoms with Crippen molar-refractivity contribution >= 4 is 17.8 Å². The van der Waals surface area contributed by atoms with Gasteiger partial charge in [0.1, 0.15) is 11.5 Å². The van der Waals surface area contributed by atoms with Gasteiger partial charge < -0.3 is 19.5 Å². The first-order valence-corrected chi connectivity index (χ1v) is 9.49. The summed E-state index contributed by atoms with van der Waals surface area (Å²) >= 11 is 0. The van der Waals surface area contributed by atoms with Gasteiger partial charge >= 0.3 is 11.9 Å². The molecule has 0 aliphatic carbocycles. The SMILES string of the molecule is COC(=O)c1ccc(CNC(=O)COC(=O)c2cccc(Oc3ccccc3)c2)cc1. The third-order valence-corrected chi connectivity index (χ3v) is 4.25. The lowest BCUT2D eigenvalue weighted by Gasteiger charge is -2.09. The van der Waals surface area contributed by atoms with E-state index < -0.39 is 24.5 Å². The molecule has 3 aromatic rings. The van der Waals surface area contributed by atoms with Crippen LogP contribution in [0.15, 0.2) is 78.9 Å². The zero-order chi connectivity index (χ0) is 22.1. The number of ether oxygens (including phenoxy) is 3. The Hall–Kier alpha value is -4.13. The highest BCUT2D eigenvalue weighted by Gasteiger charge is 2.12. The fourth-order valence-corrected chi connectivity index (χ4v) is 2.65. The van der Waals surface area contributed by atoms with Crippen LogP contribution in [0.1, 0.15) is 26.3 Å². The Morgan fingerprint density at radius 1 is 0.774 bits per heavy atom. The van der Waals surface area contributed by atoms with Crippen LogP contribution in [0.3, 0.4) is 0 Å². The van der Waals surface area contributed by atoms with Crippen LogP contribution in [0.2, 0.25) is 0 Å². The second kappa shape index (κ2) is 10.6. The minimum absolute atomic E-state index is 0.234. The number of amides is 1. The van der Waals surface area contributed by atoms with Crippen molar-refractivity contribution in [1.82, 2.24) is 5.32 Å². The molecule has 0 fully saturated rings. The van der Waals surface area contributed by atoms with Crippen molar-refractivity contribution in [3.8, 4) is 11.5 Å². The molecule has 0 atom stereocenters. The van der Waals surface area contributed by atoms with E-state index in [9.17, 15) is 14.4 Å². The minimum atomic E-state index is -0.629. The molecule has 0 saturated heterocycles. The molecule has 0 spiro atoms. The first-order valence-electron chi connectivity index (χ1n) is 9.49. The largest absolute Gasteiger partial charge is 0.465 e. The number of nitrogens with one attached hydrogen (secondary N) is 1. The van der Waals surface area contributed by atoms with Crippen LogP contribution < -0.4 is 10.1 Å². The maximum atomic E-state index is 12.3. The van der Waals surface area contributed by atoms with Crippen LogP contribution in [-0.4, -0.2) is 31.6 Å². The van der Waals surface area contributed by atoms with Crippen molar-refractivity contribution in [2.24, 2.45) is 0 Å². The molecule has 0 bridgehead atoms. The highest BCUT2D eigenvalue weighted by molar-refractivity contribution is 5.91. The second-order valence-corrected chi connectivity index (χ2v) is 6.48. The van der Waals surface area contributed by atoms with Crippen LogP contribution >= 0.6 is 0 Å². The highest BCUT2D eigenvalue weighted by Crippen LogP contribution is 2.22. The van der Waals surface area contributed by atoms with Crippen LogP contribution in [-0.2, 0) is 20.8 Å². The van der Waals surface area contributed by atoms with E-state index in [1.165, 1.54) is 7.11 Å². The van der Waals surface area contributed by atoms with Crippen LogP contribution in [0.5, 0.6) is 11.5 Å². The van der Waals surface area contributed by atoms with E-state index >= 15 is 0 Å². The fourth-order valence-electron chi connectivity index (χ4n) is 2.65. The summed E-state index contributed by atoms with van der Waals surface area (Å²) in [7, 11) is 1.31. The first kappa shape index (κ1) is 21.6. The van der Waals surface area contributed by atoms with Crippen molar-refractivity contribution in [2.75, 3.05) is 13.7 Å². The zero-order valence-corrected chi connectivity index (χ0v) is 16.9. The summed E-state index contributed by atoms with van der Waals surface area (Å²) in [6.45, 7) is -0.179. The summed E-state index contributed by atoms with van der Waals surface area (Å²) in [5, 5.41) is 2.66. The normalized spacial score (nSPS) is 10.1. The van der Waals surface area contributed by atoms with Gasteiger partial charge in [0.2, 0.25) is 0 Å². The number of benzene rings is 3. The van der Waals surface area contributed by atoms with Crippen LogP contribution in [0, 0.1) is 0 Å². The van der Waals surface area contributed by atoms with Crippen LogP contribution in [0.4, 0.5) is 0 Å². The van der Waals surface area contributed by atoms with Gasteiger partial charge in [0.25, 0.3) is 5.91 Å². The molecule has 7 nitrogen and oxygen atoms in total. The van der Waals surface area contributed by atoms with E-state index in [0.29, 0.717) is 17.1 Å². The Labute approximate surface area is 179 Å². The Kier molecular flexibility index (Phi) is 7.37. The van der Waals surface area contributed by atoms with Gasteiger partial charge in [0, 0.05) is 6.54 Å². The number of rotatable bonds is 8. The van der Waals surface area contributed by atoms with E-state index in [-0.39, 0.29) is 12.1 Å². The number of para-hydroxylation sites is 1. The molecule has 0 aliphatic heterocycles. The molecule has 0 radical (unpaired) electrons. The molecule has 7 heteroatoms.